The van der Waals surface area contributed by atoms with Crippen LogP contribution in [0.3, 0.4) is 0 Å². The highest BCUT2D eigenvalue weighted by Gasteiger charge is 2.10. The second kappa shape index (κ2) is 7.62. The summed E-state index contributed by atoms with van der Waals surface area (Å²) in [7, 11) is 1.91. The molecule has 1 N–H and O–H groups in total. The monoisotopic (exact) mass is 387 g/mol. The molecule has 0 saturated carbocycles. The fourth-order valence-electron chi connectivity index (χ4n) is 2.88. The van der Waals surface area contributed by atoms with Gasteiger partial charge in [-0.15, -0.1) is 5.10 Å². The van der Waals surface area contributed by atoms with E-state index in [2.05, 4.69) is 10.5 Å². The van der Waals surface area contributed by atoms with Crippen LogP contribution in [0, 0.1) is 0 Å². The number of benzene rings is 3. The number of ketones is 1. The lowest BCUT2D eigenvalue weighted by Gasteiger charge is -2.03. The summed E-state index contributed by atoms with van der Waals surface area (Å²) >= 11 is 1.50. The van der Waals surface area contributed by atoms with E-state index in [1.807, 2.05) is 54.1 Å². The van der Waals surface area contributed by atoms with Crippen LogP contribution in [0.1, 0.15) is 26.3 Å². The Morgan fingerprint density at radius 1 is 0.821 bits per heavy atom. The van der Waals surface area contributed by atoms with Gasteiger partial charge in [0.05, 0.1) is 10.2 Å². The van der Waals surface area contributed by atoms with Crippen molar-refractivity contribution < 1.29 is 9.59 Å². The maximum Gasteiger partial charge on any atom is 0.271 e. The molecule has 4 aromatic rings. The van der Waals surface area contributed by atoms with Crippen molar-refractivity contribution in [3.05, 3.63) is 100 Å². The first-order chi connectivity index (χ1) is 13.6. The van der Waals surface area contributed by atoms with E-state index in [0.717, 1.165) is 10.2 Å². The van der Waals surface area contributed by atoms with Gasteiger partial charge in [0.15, 0.2) is 5.78 Å². The van der Waals surface area contributed by atoms with Crippen LogP contribution < -0.4 is 10.2 Å². The minimum atomic E-state index is -0.323. The van der Waals surface area contributed by atoms with E-state index >= 15 is 0 Å². The summed E-state index contributed by atoms with van der Waals surface area (Å²) in [6.07, 6.45) is 0. The van der Waals surface area contributed by atoms with Gasteiger partial charge in [0.25, 0.3) is 5.91 Å². The molecule has 138 valence electrons. The highest BCUT2D eigenvalue weighted by Crippen LogP contribution is 2.15. The molecule has 3 aromatic carbocycles. The maximum atomic E-state index is 12.4. The molecule has 1 heterocycles. The largest absolute Gasteiger partial charge is 0.318 e. The van der Waals surface area contributed by atoms with Gasteiger partial charge in [0.2, 0.25) is 4.80 Å². The number of thiazole rings is 1. The fraction of sp³-hybridized carbons (Fsp3) is 0.0455. The molecule has 5 nitrogen and oxygen atoms in total. The predicted octanol–water partition coefficient (Wildman–Crippen LogP) is 3.72. The molecule has 0 atom stereocenters. The third-order valence-corrected chi connectivity index (χ3v) is 5.53. The number of carbonyl (C=O) groups excluding carboxylic acids is 2. The van der Waals surface area contributed by atoms with Crippen LogP contribution in [-0.4, -0.2) is 16.3 Å². The van der Waals surface area contributed by atoms with Crippen LogP contribution in [0.4, 0.5) is 0 Å². The Morgan fingerprint density at radius 3 is 2.14 bits per heavy atom. The van der Waals surface area contributed by atoms with Crippen molar-refractivity contribution in [3.8, 4) is 0 Å². The first kappa shape index (κ1) is 17.9. The third kappa shape index (κ3) is 3.50. The van der Waals surface area contributed by atoms with E-state index in [1.165, 1.54) is 11.3 Å². The maximum absolute atomic E-state index is 12.4. The molecule has 0 unspecified atom stereocenters. The van der Waals surface area contributed by atoms with E-state index in [4.69, 9.17) is 0 Å². The molecule has 0 radical (unpaired) electrons. The lowest BCUT2D eigenvalue weighted by atomic mass is 10.0. The number of aromatic nitrogens is 1. The van der Waals surface area contributed by atoms with Crippen molar-refractivity contribution in [1.82, 2.24) is 9.99 Å². The first-order valence-corrected chi connectivity index (χ1v) is 9.53. The van der Waals surface area contributed by atoms with Crippen LogP contribution in [-0.2, 0) is 7.05 Å². The lowest BCUT2D eigenvalue weighted by Crippen LogP contribution is -2.23. The predicted molar refractivity (Wildman–Crippen MR) is 110 cm³/mol. The topological polar surface area (TPSA) is 63.5 Å². The summed E-state index contributed by atoms with van der Waals surface area (Å²) in [4.78, 5) is 25.5. The number of nitrogens with one attached hydrogen (secondary N) is 1. The van der Waals surface area contributed by atoms with Crippen molar-refractivity contribution >= 4 is 33.2 Å². The van der Waals surface area contributed by atoms with Gasteiger partial charge in [0.1, 0.15) is 0 Å². The Morgan fingerprint density at radius 2 is 1.43 bits per heavy atom. The van der Waals surface area contributed by atoms with Gasteiger partial charge in [-0.3, -0.25) is 9.59 Å². The average Bonchev–Trinajstić information content (AvgIpc) is 3.08. The number of carbonyl (C=O) groups is 2. The van der Waals surface area contributed by atoms with E-state index < -0.39 is 0 Å². The molecule has 0 fully saturated rings. The molecule has 1 amide bonds. The minimum absolute atomic E-state index is 0.0745. The van der Waals surface area contributed by atoms with Gasteiger partial charge in [-0.2, -0.15) is 0 Å². The normalized spacial score (nSPS) is 11.5. The van der Waals surface area contributed by atoms with Gasteiger partial charge in [-0.25, -0.2) is 5.43 Å². The molecule has 0 aliphatic heterocycles. The van der Waals surface area contributed by atoms with Gasteiger partial charge in [-0.05, 0) is 24.3 Å². The number of fused-ring (bicyclic) bond motifs is 1. The van der Waals surface area contributed by atoms with Crippen LogP contribution in [0.5, 0.6) is 0 Å². The number of amides is 1. The zero-order valence-electron chi connectivity index (χ0n) is 15.1. The second-order valence-electron chi connectivity index (χ2n) is 6.24. The highest BCUT2D eigenvalue weighted by molar-refractivity contribution is 7.16. The van der Waals surface area contributed by atoms with Crippen molar-refractivity contribution in [2.75, 3.05) is 0 Å². The average molecular weight is 387 g/mol. The Labute approximate surface area is 165 Å². The summed E-state index contributed by atoms with van der Waals surface area (Å²) < 4.78 is 3.03. The minimum Gasteiger partial charge on any atom is -0.318 e. The quantitative estimate of drug-likeness (QED) is 0.429. The summed E-state index contributed by atoms with van der Waals surface area (Å²) in [5.74, 6) is -0.397. The SMILES string of the molecule is Cn1/c(=N\NC(=O)c2ccc(C(=O)c3ccccc3)cc2)sc2ccccc21. The summed E-state index contributed by atoms with van der Waals surface area (Å²) in [6.45, 7) is 0. The van der Waals surface area contributed by atoms with Crippen molar-refractivity contribution in [3.63, 3.8) is 0 Å². The first-order valence-electron chi connectivity index (χ1n) is 8.72. The number of hydrogen-bond acceptors (Lipinski definition) is 4. The number of rotatable bonds is 4. The lowest BCUT2D eigenvalue weighted by molar-refractivity contribution is 0.0951. The Kier molecular flexibility index (Phi) is 4.87. The van der Waals surface area contributed by atoms with E-state index in [0.29, 0.717) is 21.5 Å². The Balaban J connectivity index is 1.52. The molecule has 0 bridgehead atoms. The second-order valence-corrected chi connectivity index (χ2v) is 7.25. The molecule has 1 aromatic heterocycles. The molecule has 0 spiro atoms. The van der Waals surface area contributed by atoms with E-state index in [-0.39, 0.29) is 11.7 Å². The zero-order chi connectivity index (χ0) is 19.5. The third-order valence-electron chi connectivity index (χ3n) is 4.41. The molecule has 4 rings (SSSR count). The van der Waals surface area contributed by atoms with Crippen LogP contribution in [0.15, 0.2) is 84.0 Å². The molecule has 0 aliphatic carbocycles. The van der Waals surface area contributed by atoms with Crippen molar-refractivity contribution in [1.29, 1.82) is 0 Å². The van der Waals surface area contributed by atoms with E-state index in [1.54, 1.807) is 36.4 Å². The van der Waals surface area contributed by atoms with Crippen molar-refractivity contribution in [2.45, 2.75) is 0 Å². The molecular weight excluding hydrogens is 370 g/mol. The standard InChI is InChI=1S/C22H17N3O2S/c1-25-18-9-5-6-10-19(18)28-22(25)24-23-21(27)17-13-11-16(12-14-17)20(26)15-7-3-2-4-8-15/h2-14H,1H3,(H,23,27)/b24-22+. The van der Waals surface area contributed by atoms with Crippen LogP contribution >= 0.6 is 11.3 Å². The van der Waals surface area contributed by atoms with Crippen molar-refractivity contribution in [2.24, 2.45) is 12.1 Å². The van der Waals surface area contributed by atoms with Crippen LogP contribution in [0.25, 0.3) is 10.2 Å². The number of nitrogens with zero attached hydrogens (tertiary/aromatic N) is 2. The number of hydrogen-bond donors (Lipinski definition) is 1. The summed E-state index contributed by atoms with van der Waals surface area (Å²) in [5.41, 5.74) is 5.24. The van der Waals surface area contributed by atoms with Gasteiger partial charge in [0, 0.05) is 23.7 Å². The highest BCUT2D eigenvalue weighted by atomic mass is 32.1. The summed E-state index contributed by atoms with van der Waals surface area (Å²) in [5, 5.41) is 4.24. The summed E-state index contributed by atoms with van der Waals surface area (Å²) in [6, 6.07) is 23.6. The smallest absolute Gasteiger partial charge is 0.271 e. The molecule has 28 heavy (non-hydrogen) atoms. The number of para-hydroxylation sites is 1. The Bertz CT molecular complexity index is 1220. The Hall–Kier alpha value is -3.51. The molecule has 0 saturated heterocycles. The van der Waals surface area contributed by atoms with Crippen LogP contribution in [0.2, 0.25) is 0 Å². The van der Waals surface area contributed by atoms with E-state index in [9.17, 15) is 9.59 Å². The number of aryl methyl sites for hydroxylation is 1. The molecule has 6 heteroatoms. The van der Waals surface area contributed by atoms with Gasteiger partial charge < -0.3 is 4.57 Å². The molecule has 0 aliphatic rings. The fourth-order valence-corrected chi connectivity index (χ4v) is 3.86. The zero-order valence-corrected chi connectivity index (χ0v) is 15.9. The molecular formula is C22H17N3O2S. The van der Waals surface area contributed by atoms with Gasteiger partial charge >= 0.3 is 0 Å². The van der Waals surface area contributed by atoms with Gasteiger partial charge in [-0.1, -0.05) is 65.9 Å².